The smallest absolute Gasteiger partial charge is 0.284 e. The fourth-order valence-corrected chi connectivity index (χ4v) is 2.95. The highest BCUT2D eigenvalue weighted by atomic mass is 16.5. The molecule has 1 N–H and O–H groups in total. The maximum absolute atomic E-state index is 5.39. The average Bonchev–Trinajstić information content (AvgIpc) is 2.40. The summed E-state index contributed by atoms with van der Waals surface area (Å²) in [7, 11) is 1.73. The summed E-state index contributed by atoms with van der Waals surface area (Å²) in [5, 5.41) is 3.48. The molecule has 2 aliphatic rings. The number of amidine groups is 1. The lowest BCUT2D eigenvalue weighted by molar-refractivity contribution is 0.331. The first-order chi connectivity index (χ1) is 8.38. The van der Waals surface area contributed by atoms with Crippen LogP contribution in [0.15, 0.2) is 4.99 Å². The highest BCUT2D eigenvalue weighted by molar-refractivity contribution is 5.74. The quantitative estimate of drug-likeness (QED) is 0.592. The molecule has 0 heterocycles. The number of nitrogens with zero attached hydrogens (tertiary/aromatic N) is 1. The molecule has 17 heavy (non-hydrogen) atoms. The van der Waals surface area contributed by atoms with Crippen molar-refractivity contribution < 1.29 is 4.74 Å². The van der Waals surface area contributed by atoms with E-state index in [1.807, 2.05) is 0 Å². The zero-order valence-electron chi connectivity index (χ0n) is 11.1. The van der Waals surface area contributed by atoms with Gasteiger partial charge >= 0.3 is 0 Å². The SMILES string of the molecule is CO/C(=N\C1CCCCC1)NC1CCCCC1. The second-order valence-electron chi connectivity index (χ2n) is 5.41. The molecular weight excluding hydrogens is 212 g/mol. The second-order valence-corrected chi connectivity index (χ2v) is 5.41. The van der Waals surface area contributed by atoms with E-state index in [0.717, 1.165) is 6.02 Å². The molecule has 3 nitrogen and oxygen atoms in total. The molecule has 2 aliphatic carbocycles. The van der Waals surface area contributed by atoms with E-state index in [1.165, 1.54) is 64.2 Å². The molecule has 2 rings (SSSR count). The van der Waals surface area contributed by atoms with Gasteiger partial charge in [-0.3, -0.25) is 0 Å². The van der Waals surface area contributed by atoms with Crippen LogP contribution in [0.25, 0.3) is 0 Å². The molecule has 0 saturated heterocycles. The van der Waals surface area contributed by atoms with Crippen LogP contribution in [0.3, 0.4) is 0 Å². The summed E-state index contributed by atoms with van der Waals surface area (Å²) in [6, 6.07) is 1.87. The Bertz CT molecular complexity index is 241. The Kier molecular flexibility index (Phi) is 5.14. The molecule has 2 fully saturated rings. The van der Waals surface area contributed by atoms with Gasteiger partial charge in [0.2, 0.25) is 0 Å². The molecule has 98 valence electrons. The summed E-state index contributed by atoms with van der Waals surface area (Å²) in [6.07, 6.45) is 13.1. The van der Waals surface area contributed by atoms with Crippen molar-refractivity contribution in [3.05, 3.63) is 0 Å². The summed E-state index contributed by atoms with van der Waals surface area (Å²) in [5.74, 6) is 0. The van der Waals surface area contributed by atoms with E-state index in [9.17, 15) is 0 Å². The van der Waals surface area contributed by atoms with Crippen LogP contribution in [0.1, 0.15) is 64.2 Å². The van der Waals surface area contributed by atoms with E-state index in [2.05, 4.69) is 5.32 Å². The second kappa shape index (κ2) is 6.87. The Hall–Kier alpha value is -0.730. The molecule has 0 aromatic heterocycles. The largest absolute Gasteiger partial charge is 0.469 e. The summed E-state index contributed by atoms with van der Waals surface area (Å²) in [5.41, 5.74) is 0. The van der Waals surface area contributed by atoms with Gasteiger partial charge in [0.25, 0.3) is 6.02 Å². The minimum absolute atomic E-state index is 0.495. The van der Waals surface area contributed by atoms with Crippen molar-refractivity contribution in [3.8, 4) is 0 Å². The maximum atomic E-state index is 5.39. The first-order valence-electron chi connectivity index (χ1n) is 7.27. The van der Waals surface area contributed by atoms with Crippen molar-refractivity contribution in [2.24, 2.45) is 4.99 Å². The van der Waals surface area contributed by atoms with Crippen LogP contribution in [-0.2, 0) is 4.74 Å². The number of hydrogen-bond donors (Lipinski definition) is 1. The molecular formula is C14H26N2O. The van der Waals surface area contributed by atoms with Gasteiger partial charge in [0, 0.05) is 6.04 Å². The predicted octanol–water partition coefficient (Wildman–Crippen LogP) is 3.24. The van der Waals surface area contributed by atoms with Gasteiger partial charge in [-0.2, -0.15) is 0 Å². The zero-order valence-corrected chi connectivity index (χ0v) is 11.1. The monoisotopic (exact) mass is 238 g/mol. The lowest BCUT2D eigenvalue weighted by Crippen LogP contribution is -2.38. The van der Waals surface area contributed by atoms with E-state index in [0.29, 0.717) is 12.1 Å². The van der Waals surface area contributed by atoms with Crippen molar-refractivity contribution in [1.29, 1.82) is 0 Å². The van der Waals surface area contributed by atoms with Crippen LogP contribution in [0.5, 0.6) is 0 Å². The summed E-state index contributed by atoms with van der Waals surface area (Å²) < 4.78 is 5.39. The fourth-order valence-electron chi connectivity index (χ4n) is 2.95. The van der Waals surface area contributed by atoms with Crippen molar-refractivity contribution in [2.75, 3.05) is 7.11 Å². The molecule has 0 amide bonds. The zero-order chi connectivity index (χ0) is 11.9. The lowest BCUT2D eigenvalue weighted by atomic mass is 9.95. The molecule has 3 heteroatoms. The Morgan fingerprint density at radius 1 is 0.941 bits per heavy atom. The van der Waals surface area contributed by atoms with Gasteiger partial charge in [0.05, 0.1) is 13.2 Å². The standard InChI is InChI=1S/C14H26N2O/c1-17-14(15-12-8-4-2-5-9-12)16-13-10-6-3-7-11-13/h12-13H,2-11H2,1H3,(H,15,16). The fraction of sp³-hybridized carbons (Fsp3) is 0.929. The Morgan fingerprint density at radius 2 is 1.53 bits per heavy atom. The van der Waals surface area contributed by atoms with E-state index >= 15 is 0 Å². The van der Waals surface area contributed by atoms with Crippen LogP contribution in [0.4, 0.5) is 0 Å². The average molecular weight is 238 g/mol. The number of aliphatic imine (C=N–C) groups is 1. The van der Waals surface area contributed by atoms with E-state index in [-0.39, 0.29) is 0 Å². The van der Waals surface area contributed by atoms with Crippen LogP contribution in [-0.4, -0.2) is 25.2 Å². The van der Waals surface area contributed by atoms with Crippen molar-refractivity contribution in [3.63, 3.8) is 0 Å². The van der Waals surface area contributed by atoms with E-state index < -0.39 is 0 Å². The number of hydrogen-bond acceptors (Lipinski definition) is 2. The van der Waals surface area contributed by atoms with Crippen molar-refractivity contribution in [2.45, 2.75) is 76.3 Å². The first kappa shape index (κ1) is 12.7. The van der Waals surface area contributed by atoms with Gasteiger partial charge in [0.15, 0.2) is 0 Å². The molecule has 2 saturated carbocycles. The maximum Gasteiger partial charge on any atom is 0.284 e. The predicted molar refractivity (Wildman–Crippen MR) is 71.3 cm³/mol. The molecule has 0 atom stereocenters. The van der Waals surface area contributed by atoms with E-state index in [1.54, 1.807) is 7.11 Å². The Labute approximate surface area is 105 Å². The molecule has 0 spiro atoms. The number of ether oxygens (including phenoxy) is 1. The van der Waals surface area contributed by atoms with Gasteiger partial charge in [-0.05, 0) is 25.7 Å². The minimum atomic E-state index is 0.495. The summed E-state index contributed by atoms with van der Waals surface area (Å²) in [6.45, 7) is 0. The van der Waals surface area contributed by atoms with Crippen molar-refractivity contribution >= 4 is 6.02 Å². The lowest BCUT2D eigenvalue weighted by Gasteiger charge is -2.25. The number of rotatable bonds is 2. The highest BCUT2D eigenvalue weighted by Crippen LogP contribution is 2.21. The van der Waals surface area contributed by atoms with Gasteiger partial charge in [-0.1, -0.05) is 38.5 Å². The Morgan fingerprint density at radius 3 is 2.12 bits per heavy atom. The van der Waals surface area contributed by atoms with Crippen molar-refractivity contribution in [1.82, 2.24) is 5.32 Å². The molecule has 0 aromatic carbocycles. The van der Waals surface area contributed by atoms with Crippen LogP contribution in [0, 0.1) is 0 Å². The van der Waals surface area contributed by atoms with Gasteiger partial charge in [-0.15, -0.1) is 0 Å². The normalized spacial score (nSPS) is 24.6. The van der Waals surface area contributed by atoms with Gasteiger partial charge in [-0.25, -0.2) is 4.99 Å². The third-order valence-electron chi connectivity index (χ3n) is 4.00. The molecule has 0 unspecified atom stereocenters. The first-order valence-corrected chi connectivity index (χ1v) is 7.27. The minimum Gasteiger partial charge on any atom is -0.469 e. The molecule has 0 bridgehead atoms. The summed E-state index contributed by atoms with van der Waals surface area (Å²) >= 11 is 0. The summed E-state index contributed by atoms with van der Waals surface area (Å²) in [4.78, 5) is 4.73. The van der Waals surface area contributed by atoms with Crippen LogP contribution < -0.4 is 5.32 Å². The Balaban J connectivity index is 1.83. The van der Waals surface area contributed by atoms with E-state index in [4.69, 9.17) is 9.73 Å². The van der Waals surface area contributed by atoms with Crippen LogP contribution in [0.2, 0.25) is 0 Å². The third-order valence-corrected chi connectivity index (χ3v) is 4.00. The molecule has 0 aliphatic heterocycles. The highest BCUT2D eigenvalue weighted by Gasteiger charge is 2.17. The number of methoxy groups -OCH3 is 1. The van der Waals surface area contributed by atoms with Gasteiger partial charge in [0.1, 0.15) is 0 Å². The number of nitrogens with one attached hydrogen (secondary N) is 1. The molecule has 0 radical (unpaired) electrons. The third kappa shape index (κ3) is 4.21. The topological polar surface area (TPSA) is 33.6 Å². The molecule has 0 aromatic rings. The van der Waals surface area contributed by atoms with Crippen LogP contribution >= 0.6 is 0 Å². The van der Waals surface area contributed by atoms with Gasteiger partial charge < -0.3 is 10.1 Å².